The molecule has 106 valence electrons. The van der Waals surface area contributed by atoms with Crippen LogP contribution in [0.2, 0.25) is 0 Å². The molecule has 1 heterocycles. The summed E-state index contributed by atoms with van der Waals surface area (Å²) >= 11 is 0. The first kappa shape index (κ1) is 14.5. The van der Waals surface area contributed by atoms with E-state index >= 15 is 0 Å². The van der Waals surface area contributed by atoms with Crippen molar-refractivity contribution in [3.05, 3.63) is 35.4 Å². The van der Waals surface area contributed by atoms with Crippen LogP contribution in [0.1, 0.15) is 36.9 Å². The van der Waals surface area contributed by atoms with Gasteiger partial charge in [-0.3, -0.25) is 4.90 Å². The van der Waals surface area contributed by atoms with Gasteiger partial charge in [-0.2, -0.15) is 0 Å². The Morgan fingerprint density at radius 3 is 2.21 bits per heavy atom. The minimum absolute atomic E-state index is 0.454. The van der Waals surface area contributed by atoms with Crippen molar-refractivity contribution in [2.75, 3.05) is 39.9 Å². The molecule has 19 heavy (non-hydrogen) atoms. The highest BCUT2D eigenvalue weighted by Crippen LogP contribution is 2.23. The van der Waals surface area contributed by atoms with E-state index in [1.807, 2.05) is 7.05 Å². The van der Waals surface area contributed by atoms with Crippen molar-refractivity contribution in [1.82, 2.24) is 10.2 Å². The average Bonchev–Trinajstić information content (AvgIpc) is 2.46. The van der Waals surface area contributed by atoms with Crippen LogP contribution in [0.5, 0.6) is 0 Å². The lowest BCUT2D eigenvalue weighted by molar-refractivity contribution is 0.0165. The highest BCUT2D eigenvalue weighted by molar-refractivity contribution is 5.27. The van der Waals surface area contributed by atoms with Crippen molar-refractivity contribution in [3.63, 3.8) is 0 Å². The Labute approximate surface area is 116 Å². The Hall–Kier alpha value is -0.900. The predicted octanol–water partition coefficient (Wildman–Crippen LogP) is 2.40. The quantitative estimate of drug-likeness (QED) is 0.882. The molecule has 0 aromatic heterocycles. The summed E-state index contributed by atoms with van der Waals surface area (Å²) in [6, 6.07) is 9.56. The lowest BCUT2D eigenvalue weighted by Gasteiger charge is -2.34. The zero-order valence-electron chi connectivity index (χ0n) is 12.4. The van der Waals surface area contributed by atoms with Crippen molar-refractivity contribution in [1.29, 1.82) is 0 Å². The lowest BCUT2D eigenvalue weighted by atomic mass is 9.98. The van der Waals surface area contributed by atoms with Crippen molar-refractivity contribution >= 4 is 0 Å². The summed E-state index contributed by atoms with van der Waals surface area (Å²) in [5.41, 5.74) is 2.81. The Balaban J connectivity index is 2.13. The van der Waals surface area contributed by atoms with Crippen LogP contribution in [0, 0.1) is 0 Å². The molecular formula is C16H26N2O. The first-order valence-corrected chi connectivity index (χ1v) is 7.28. The van der Waals surface area contributed by atoms with Gasteiger partial charge in [0.15, 0.2) is 0 Å². The second-order valence-corrected chi connectivity index (χ2v) is 5.54. The van der Waals surface area contributed by atoms with Gasteiger partial charge in [-0.05, 0) is 24.1 Å². The van der Waals surface area contributed by atoms with E-state index in [1.54, 1.807) is 0 Å². The number of rotatable bonds is 5. The molecule has 1 unspecified atom stereocenters. The van der Waals surface area contributed by atoms with Crippen LogP contribution in [0.3, 0.4) is 0 Å². The first-order chi connectivity index (χ1) is 9.22. The summed E-state index contributed by atoms with van der Waals surface area (Å²) < 4.78 is 5.45. The number of nitrogens with zero attached hydrogens (tertiary/aromatic N) is 1. The van der Waals surface area contributed by atoms with Gasteiger partial charge in [0.05, 0.1) is 13.2 Å². The molecule has 0 bridgehead atoms. The molecule has 0 spiro atoms. The topological polar surface area (TPSA) is 24.5 Å². The predicted molar refractivity (Wildman–Crippen MR) is 79.6 cm³/mol. The van der Waals surface area contributed by atoms with Gasteiger partial charge >= 0.3 is 0 Å². The molecule has 1 aromatic carbocycles. The van der Waals surface area contributed by atoms with Gasteiger partial charge in [0.1, 0.15) is 0 Å². The minimum Gasteiger partial charge on any atom is -0.379 e. The fourth-order valence-corrected chi connectivity index (χ4v) is 2.64. The van der Waals surface area contributed by atoms with E-state index < -0.39 is 0 Å². The molecule has 3 nitrogen and oxygen atoms in total. The number of benzene rings is 1. The molecule has 0 amide bonds. The molecule has 1 saturated heterocycles. The molecule has 0 saturated carbocycles. The van der Waals surface area contributed by atoms with E-state index in [0.717, 1.165) is 32.8 Å². The maximum Gasteiger partial charge on any atom is 0.0594 e. The van der Waals surface area contributed by atoms with Gasteiger partial charge in [0.25, 0.3) is 0 Å². The van der Waals surface area contributed by atoms with Crippen LogP contribution in [0.4, 0.5) is 0 Å². The summed E-state index contributed by atoms with van der Waals surface area (Å²) in [7, 11) is 2.02. The Morgan fingerprint density at radius 2 is 1.68 bits per heavy atom. The fourth-order valence-electron chi connectivity index (χ4n) is 2.64. The number of morpholine rings is 1. The average molecular weight is 262 g/mol. The SMILES string of the molecule is CNCC(c1ccc(C(C)C)cc1)N1CCOCC1. The van der Waals surface area contributed by atoms with Crippen LogP contribution in [-0.2, 0) is 4.74 Å². The second-order valence-electron chi connectivity index (χ2n) is 5.54. The van der Waals surface area contributed by atoms with E-state index in [1.165, 1.54) is 11.1 Å². The van der Waals surface area contributed by atoms with Crippen LogP contribution in [-0.4, -0.2) is 44.8 Å². The third-order valence-corrected chi connectivity index (χ3v) is 3.87. The summed E-state index contributed by atoms with van der Waals surface area (Å²) in [6.07, 6.45) is 0. The lowest BCUT2D eigenvalue weighted by Crippen LogP contribution is -2.42. The molecular weight excluding hydrogens is 236 g/mol. The molecule has 1 fully saturated rings. The number of likely N-dealkylation sites (N-methyl/N-ethyl adjacent to an activating group) is 1. The Kier molecular flexibility index (Phi) is 5.37. The maximum atomic E-state index is 5.45. The molecule has 3 heteroatoms. The molecule has 1 aromatic rings. The van der Waals surface area contributed by atoms with E-state index in [9.17, 15) is 0 Å². The third kappa shape index (κ3) is 3.78. The monoisotopic (exact) mass is 262 g/mol. The second kappa shape index (κ2) is 7.04. The van der Waals surface area contributed by atoms with Gasteiger partial charge < -0.3 is 10.1 Å². The third-order valence-electron chi connectivity index (χ3n) is 3.87. The minimum atomic E-state index is 0.454. The Morgan fingerprint density at radius 1 is 1.11 bits per heavy atom. The fraction of sp³-hybridized carbons (Fsp3) is 0.625. The summed E-state index contributed by atoms with van der Waals surface area (Å²) in [5.74, 6) is 0.597. The largest absolute Gasteiger partial charge is 0.379 e. The Bertz CT molecular complexity index is 369. The zero-order chi connectivity index (χ0) is 13.7. The summed E-state index contributed by atoms with van der Waals surface area (Å²) in [4.78, 5) is 2.52. The van der Waals surface area contributed by atoms with Crippen molar-refractivity contribution in [3.8, 4) is 0 Å². The summed E-state index contributed by atoms with van der Waals surface area (Å²) in [5, 5.41) is 3.32. The zero-order valence-corrected chi connectivity index (χ0v) is 12.4. The number of hydrogen-bond acceptors (Lipinski definition) is 3. The van der Waals surface area contributed by atoms with Gasteiger partial charge in [-0.15, -0.1) is 0 Å². The van der Waals surface area contributed by atoms with Crippen molar-refractivity contribution in [2.24, 2.45) is 0 Å². The standard InChI is InChI=1S/C16H26N2O/c1-13(2)14-4-6-15(7-5-14)16(12-17-3)18-8-10-19-11-9-18/h4-7,13,16-17H,8-12H2,1-3H3. The van der Waals surface area contributed by atoms with E-state index in [0.29, 0.717) is 12.0 Å². The van der Waals surface area contributed by atoms with E-state index in [4.69, 9.17) is 4.74 Å². The molecule has 1 N–H and O–H groups in total. The van der Waals surface area contributed by atoms with E-state index in [2.05, 4.69) is 48.3 Å². The van der Waals surface area contributed by atoms with Gasteiger partial charge in [0, 0.05) is 25.7 Å². The van der Waals surface area contributed by atoms with Crippen molar-refractivity contribution in [2.45, 2.75) is 25.8 Å². The van der Waals surface area contributed by atoms with Crippen LogP contribution < -0.4 is 5.32 Å². The molecule has 2 rings (SSSR count). The molecule has 1 aliphatic heterocycles. The number of nitrogens with one attached hydrogen (secondary N) is 1. The van der Waals surface area contributed by atoms with E-state index in [-0.39, 0.29) is 0 Å². The molecule has 0 aliphatic carbocycles. The van der Waals surface area contributed by atoms with Gasteiger partial charge in [-0.1, -0.05) is 38.1 Å². The van der Waals surface area contributed by atoms with Gasteiger partial charge in [-0.25, -0.2) is 0 Å². The number of ether oxygens (including phenoxy) is 1. The van der Waals surface area contributed by atoms with Crippen LogP contribution in [0.25, 0.3) is 0 Å². The smallest absolute Gasteiger partial charge is 0.0594 e. The normalized spacial score (nSPS) is 18.7. The van der Waals surface area contributed by atoms with Gasteiger partial charge in [0.2, 0.25) is 0 Å². The first-order valence-electron chi connectivity index (χ1n) is 7.28. The number of hydrogen-bond donors (Lipinski definition) is 1. The molecule has 1 aliphatic rings. The van der Waals surface area contributed by atoms with Crippen LogP contribution in [0.15, 0.2) is 24.3 Å². The van der Waals surface area contributed by atoms with Crippen molar-refractivity contribution < 1.29 is 4.74 Å². The highest BCUT2D eigenvalue weighted by Gasteiger charge is 2.21. The molecule has 1 atom stereocenters. The maximum absolute atomic E-state index is 5.45. The molecule has 0 radical (unpaired) electrons. The highest BCUT2D eigenvalue weighted by atomic mass is 16.5. The summed E-state index contributed by atoms with van der Waals surface area (Å²) in [6.45, 7) is 9.22. The van der Waals surface area contributed by atoms with Crippen LogP contribution >= 0.6 is 0 Å².